The molecule has 2 heteroatoms. The summed E-state index contributed by atoms with van der Waals surface area (Å²) in [6, 6.07) is 8.06. The molecule has 0 aromatic heterocycles. The maximum Gasteiger partial charge on any atom is 0.122 e. The fourth-order valence-corrected chi connectivity index (χ4v) is 1.61. The minimum Gasteiger partial charge on any atom is -0.491 e. The summed E-state index contributed by atoms with van der Waals surface area (Å²) in [5.41, 5.74) is 1.18. The van der Waals surface area contributed by atoms with Gasteiger partial charge in [0, 0.05) is 0 Å². The van der Waals surface area contributed by atoms with Crippen molar-refractivity contribution in [1.82, 2.24) is 0 Å². The third kappa shape index (κ3) is 4.23. The Bertz CT molecular complexity index is 307. The van der Waals surface area contributed by atoms with Gasteiger partial charge in [-0.2, -0.15) is 0 Å². The van der Waals surface area contributed by atoms with E-state index in [-0.39, 0.29) is 12.2 Å². The molecule has 2 nitrogen and oxygen atoms in total. The van der Waals surface area contributed by atoms with Crippen LogP contribution < -0.4 is 4.74 Å². The Kier molecular flexibility index (Phi) is 5.33. The zero-order valence-electron chi connectivity index (χ0n) is 10.4. The van der Waals surface area contributed by atoms with Crippen LogP contribution in [0.1, 0.15) is 39.2 Å². The first-order valence-corrected chi connectivity index (χ1v) is 6.06. The van der Waals surface area contributed by atoms with E-state index in [1.807, 2.05) is 39.0 Å². The van der Waals surface area contributed by atoms with E-state index in [9.17, 15) is 5.11 Å². The van der Waals surface area contributed by atoms with Crippen LogP contribution in [0.5, 0.6) is 5.75 Å². The van der Waals surface area contributed by atoms with Crippen LogP contribution in [-0.4, -0.2) is 17.3 Å². The molecule has 0 aliphatic rings. The molecule has 0 aliphatic carbocycles. The Morgan fingerprint density at radius 3 is 2.56 bits per heavy atom. The summed E-state index contributed by atoms with van der Waals surface area (Å²) in [7, 11) is 0. The van der Waals surface area contributed by atoms with E-state index in [2.05, 4.69) is 6.07 Å². The van der Waals surface area contributed by atoms with Gasteiger partial charge >= 0.3 is 0 Å². The lowest BCUT2D eigenvalue weighted by molar-refractivity contribution is 0.160. The second-order valence-electron chi connectivity index (χ2n) is 4.38. The maximum atomic E-state index is 9.55. The standard InChI is InChI=1S/C14H22O2/c1-4-13(15)10-9-12-7-5-6-8-14(12)16-11(2)3/h5-8,11,13,15H,4,9-10H2,1-3H3. The van der Waals surface area contributed by atoms with E-state index in [1.165, 1.54) is 5.56 Å². The number of aliphatic hydroxyl groups excluding tert-OH is 1. The minimum absolute atomic E-state index is 0.192. The summed E-state index contributed by atoms with van der Waals surface area (Å²) in [5.74, 6) is 0.945. The Balaban J connectivity index is 2.63. The Morgan fingerprint density at radius 1 is 1.25 bits per heavy atom. The highest BCUT2D eigenvalue weighted by molar-refractivity contribution is 5.33. The molecule has 0 bridgehead atoms. The highest BCUT2D eigenvalue weighted by Crippen LogP contribution is 2.21. The van der Waals surface area contributed by atoms with E-state index < -0.39 is 0 Å². The molecule has 1 rings (SSSR count). The fourth-order valence-electron chi connectivity index (χ4n) is 1.61. The number of aryl methyl sites for hydroxylation is 1. The monoisotopic (exact) mass is 222 g/mol. The number of rotatable bonds is 6. The van der Waals surface area contributed by atoms with E-state index >= 15 is 0 Å². The van der Waals surface area contributed by atoms with Crippen molar-refractivity contribution in [2.75, 3.05) is 0 Å². The second kappa shape index (κ2) is 6.54. The largest absolute Gasteiger partial charge is 0.491 e. The van der Waals surface area contributed by atoms with E-state index in [0.29, 0.717) is 0 Å². The Labute approximate surface area is 98.3 Å². The number of aliphatic hydroxyl groups is 1. The van der Waals surface area contributed by atoms with Crippen LogP contribution in [0.25, 0.3) is 0 Å². The van der Waals surface area contributed by atoms with Crippen LogP contribution in [-0.2, 0) is 6.42 Å². The molecule has 90 valence electrons. The number of para-hydroxylation sites is 1. The molecule has 0 saturated heterocycles. The average molecular weight is 222 g/mol. The quantitative estimate of drug-likeness (QED) is 0.801. The summed E-state index contributed by atoms with van der Waals surface area (Å²) >= 11 is 0. The lowest BCUT2D eigenvalue weighted by atomic mass is 10.0. The van der Waals surface area contributed by atoms with Crippen molar-refractivity contribution in [3.05, 3.63) is 29.8 Å². The van der Waals surface area contributed by atoms with Gasteiger partial charge in [0.05, 0.1) is 12.2 Å². The van der Waals surface area contributed by atoms with E-state index in [0.717, 1.165) is 25.0 Å². The first-order valence-electron chi connectivity index (χ1n) is 6.06. The zero-order valence-corrected chi connectivity index (χ0v) is 10.4. The summed E-state index contributed by atoms with van der Waals surface area (Å²) in [6.45, 7) is 6.05. The predicted octanol–water partition coefficient (Wildman–Crippen LogP) is 3.18. The van der Waals surface area contributed by atoms with Crippen molar-refractivity contribution in [3.63, 3.8) is 0 Å². The lowest BCUT2D eigenvalue weighted by Gasteiger charge is -2.15. The molecular weight excluding hydrogens is 200 g/mol. The molecule has 0 saturated carbocycles. The van der Waals surface area contributed by atoms with Crippen LogP contribution in [0.2, 0.25) is 0 Å². The number of benzene rings is 1. The van der Waals surface area contributed by atoms with Crippen LogP contribution in [0, 0.1) is 0 Å². The molecule has 1 aromatic rings. The molecular formula is C14H22O2. The molecule has 0 aliphatic heterocycles. The molecule has 0 fully saturated rings. The number of hydrogen-bond donors (Lipinski definition) is 1. The molecule has 16 heavy (non-hydrogen) atoms. The summed E-state index contributed by atoms with van der Waals surface area (Å²) in [4.78, 5) is 0. The van der Waals surface area contributed by atoms with Crippen LogP contribution in [0.4, 0.5) is 0 Å². The predicted molar refractivity (Wildman–Crippen MR) is 66.8 cm³/mol. The maximum absolute atomic E-state index is 9.55. The molecule has 1 atom stereocenters. The van der Waals surface area contributed by atoms with Gasteiger partial charge in [0.1, 0.15) is 5.75 Å². The van der Waals surface area contributed by atoms with Gasteiger partial charge < -0.3 is 9.84 Å². The van der Waals surface area contributed by atoms with Crippen molar-refractivity contribution in [1.29, 1.82) is 0 Å². The first-order chi connectivity index (χ1) is 7.63. The highest BCUT2D eigenvalue weighted by Gasteiger charge is 2.07. The van der Waals surface area contributed by atoms with Crippen LogP contribution in [0.3, 0.4) is 0 Å². The van der Waals surface area contributed by atoms with Gasteiger partial charge in [-0.15, -0.1) is 0 Å². The summed E-state index contributed by atoms with van der Waals surface area (Å²) in [6.07, 6.45) is 2.48. The second-order valence-corrected chi connectivity index (χ2v) is 4.38. The molecule has 0 amide bonds. The Morgan fingerprint density at radius 2 is 1.94 bits per heavy atom. The van der Waals surface area contributed by atoms with Crippen molar-refractivity contribution in [3.8, 4) is 5.75 Å². The van der Waals surface area contributed by atoms with Gasteiger partial charge in [-0.3, -0.25) is 0 Å². The summed E-state index contributed by atoms with van der Waals surface area (Å²) < 4.78 is 5.73. The van der Waals surface area contributed by atoms with Gasteiger partial charge in [-0.05, 0) is 44.7 Å². The lowest BCUT2D eigenvalue weighted by Crippen LogP contribution is -2.09. The normalized spacial score (nSPS) is 12.8. The van der Waals surface area contributed by atoms with E-state index in [4.69, 9.17) is 4.74 Å². The smallest absolute Gasteiger partial charge is 0.122 e. The number of hydrogen-bond acceptors (Lipinski definition) is 2. The van der Waals surface area contributed by atoms with Gasteiger partial charge in [0.15, 0.2) is 0 Å². The molecule has 1 unspecified atom stereocenters. The molecule has 0 spiro atoms. The number of ether oxygens (including phenoxy) is 1. The summed E-state index contributed by atoms with van der Waals surface area (Å²) in [5, 5.41) is 9.55. The third-order valence-electron chi connectivity index (χ3n) is 2.55. The van der Waals surface area contributed by atoms with Crippen molar-refractivity contribution in [2.45, 2.75) is 52.2 Å². The minimum atomic E-state index is -0.202. The molecule has 1 N–H and O–H groups in total. The molecule has 0 radical (unpaired) electrons. The van der Waals surface area contributed by atoms with Crippen LogP contribution >= 0.6 is 0 Å². The van der Waals surface area contributed by atoms with Crippen molar-refractivity contribution in [2.24, 2.45) is 0 Å². The average Bonchev–Trinajstić information content (AvgIpc) is 2.26. The zero-order chi connectivity index (χ0) is 12.0. The first kappa shape index (κ1) is 13.0. The molecule has 0 heterocycles. The van der Waals surface area contributed by atoms with E-state index in [1.54, 1.807) is 0 Å². The van der Waals surface area contributed by atoms with Gasteiger partial charge in [0.2, 0.25) is 0 Å². The highest BCUT2D eigenvalue weighted by atomic mass is 16.5. The van der Waals surface area contributed by atoms with Gasteiger partial charge in [-0.25, -0.2) is 0 Å². The van der Waals surface area contributed by atoms with Crippen molar-refractivity contribution < 1.29 is 9.84 Å². The van der Waals surface area contributed by atoms with Gasteiger partial charge in [-0.1, -0.05) is 25.1 Å². The van der Waals surface area contributed by atoms with Crippen LogP contribution in [0.15, 0.2) is 24.3 Å². The Hall–Kier alpha value is -1.02. The van der Waals surface area contributed by atoms with Gasteiger partial charge in [0.25, 0.3) is 0 Å². The molecule has 1 aromatic carbocycles. The SMILES string of the molecule is CCC(O)CCc1ccccc1OC(C)C. The fraction of sp³-hybridized carbons (Fsp3) is 0.571. The van der Waals surface area contributed by atoms with Crippen molar-refractivity contribution >= 4 is 0 Å². The third-order valence-corrected chi connectivity index (χ3v) is 2.55. The topological polar surface area (TPSA) is 29.5 Å².